The van der Waals surface area contributed by atoms with Crippen LogP contribution in [0.15, 0.2) is 91.1 Å². The molecule has 0 fully saturated rings. The molecule has 31 heavy (non-hydrogen) atoms. The van der Waals surface area contributed by atoms with Crippen molar-refractivity contribution in [3.63, 3.8) is 0 Å². The van der Waals surface area contributed by atoms with E-state index in [0.717, 1.165) is 16.3 Å². The number of hydrogen-bond acceptors (Lipinski definition) is 5. The maximum atomic E-state index is 12.8. The highest BCUT2D eigenvalue weighted by molar-refractivity contribution is 5.86. The van der Waals surface area contributed by atoms with E-state index >= 15 is 0 Å². The highest BCUT2D eigenvalue weighted by Crippen LogP contribution is 2.47. The lowest BCUT2D eigenvalue weighted by Gasteiger charge is -2.33. The molecule has 3 atom stereocenters. The number of hydrogen-bond donors (Lipinski definition) is 0. The molecule has 0 amide bonds. The molecular weight excluding hydrogens is 392 g/mol. The van der Waals surface area contributed by atoms with Crippen molar-refractivity contribution in [1.82, 2.24) is 4.98 Å². The van der Waals surface area contributed by atoms with Gasteiger partial charge in [-0.3, -0.25) is 15.1 Å². The van der Waals surface area contributed by atoms with E-state index in [9.17, 15) is 14.9 Å². The number of rotatable bonds is 4. The summed E-state index contributed by atoms with van der Waals surface area (Å²) in [7, 11) is 0. The van der Waals surface area contributed by atoms with Crippen molar-refractivity contribution >= 4 is 16.7 Å². The average molecular weight is 410 g/mol. The van der Waals surface area contributed by atoms with Gasteiger partial charge in [0.1, 0.15) is 5.75 Å². The Bertz CT molecular complexity index is 1280. The van der Waals surface area contributed by atoms with Crippen LogP contribution in [0.3, 0.4) is 0 Å². The molecule has 152 valence electrons. The van der Waals surface area contributed by atoms with E-state index in [1.54, 1.807) is 30.5 Å². The third kappa shape index (κ3) is 3.22. The minimum atomic E-state index is -1.54. The molecule has 0 bridgehead atoms. The van der Waals surface area contributed by atoms with Crippen LogP contribution in [0.1, 0.15) is 28.7 Å². The Morgan fingerprint density at radius 1 is 0.903 bits per heavy atom. The predicted octanol–water partition coefficient (Wildman–Crippen LogP) is 4.71. The van der Waals surface area contributed by atoms with Gasteiger partial charge in [0.05, 0.1) is 11.6 Å². The third-order valence-electron chi connectivity index (χ3n) is 5.81. The summed E-state index contributed by atoms with van der Waals surface area (Å²) in [6.07, 6.45) is 1.71. The van der Waals surface area contributed by atoms with Gasteiger partial charge in [-0.1, -0.05) is 72.8 Å². The first-order valence-electron chi connectivity index (χ1n) is 9.98. The second-order valence-corrected chi connectivity index (χ2v) is 7.52. The van der Waals surface area contributed by atoms with E-state index in [1.165, 1.54) is 0 Å². The number of aromatic nitrogens is 1. The molecule has 0 spiro atoms. The van der Waals surface area contributed by atoms with Gasteiger partial charge in [-0.15, -0.1) is 0 Å². The van der Waals surface area contributed by atoms with E-state index in [-0.39, 0.29) is 0 Å². The molecule has 5 rings (SSSR count). The zero-order valence-corrected chi connectivity index (χ0v) is 16.4. The number of nitro groups is 1. The smallest absolute Gasteiger partial charge is 0.387 e. The molecule has 4 aromatic rings. The van der Waals surface area contributed by atoms with Crippen LogP contribution >= 0.6 is 0 Å². The van der Waals surface area contributed by atoms with Crippen LogP contribution in [0.25, 0.3) is 10.8 Å². The van der Waals surface area contributed by atoms with Gasteiger partial charge in [-0.05, 0) is 23.1 Å². The van der Waals surface area contributed by atoms with Gasteiger partial charge >= 0.3 is 12.0 Å². The Morgan fingerprint density at radius 2 is 1.61 bits per heavy atom. The molecular formula is C25H18N2O4. The molecule has 0 aliphatic carbocycles. The van der Waals surface area contributed by atoms with E-state index in [2.05, 4.69) is 4.98 Å². The number of nitrogens with zero attached hydrogens (tertiary/aromatic N) is 2. The van der Waals surface area contributed by atoms with Crippen LogP contribution in [-0.4, -0.2) is 21.9 Å². The molecule has 3 aromatic carbocycles. The maximum absolute atomic E-state index is 12.8. The number of ether oxygens (including phenoxy) is 1. The SMILES string of the molecule is O=C1Oc2ccccc2C(C(c2ccccc2)c2nccc3ccccc23)C1[N+](=O)[O-]. The second-order valence-electron chi connectivity index (χ2n) is 7.52. The van der Waals surface area contributed by atoms with Gasteiger partial charge in [0, 0.05) is 28.0 Å². The first kappa shape index (κ1) is 18.9. The predicted molar refractivity (Wildman–Crippen MR) is 116 cm³/mol. The number of pyridine rings is 1. The Balaban J connectivity index is 1.83. The monoisotopic (exact) mass is 410 g/mol. The van der Waals surface area contributed by atoms with Crippen molar-refractivity contribution in [2.24, 2.45) is 0 Å². The number of esters is 1. The zero-order chi connectivity index (χ0) is 21.4. The lowest BCUT2D eigenvalue weighted by Crippen LogP contribution is -2.44. The molecule has 0 radical (unpaired) electrons. The summed E-state index contributed by atoms with van der Waals surface area (Å²) < 4.78 is 5.34. The summed E-state index contributed by atoms with van der Waals surface area (Å²) in [6, 6.07) is 24.7. The maximum Gasteiger partial charge on any atom is 0.387 e. The molecule has 1 aliphatic rings. The molecule has 0 saturated carbocycles. The lowest BCUT2D eigenvalue weighted by molar-refractivity contribution is -0.515. The van der Waals surface area contributed by atoms with E-state index < -0.39 is 28.8 Å². The highest BCUT2D eigenvalue weighted by Gasteiger charge is 2.51. The minimum Gasteiger partial charge on any atom is -0.421 e. The fourth-order valence-corrected chi connectivity index (χ4v) is 4.50. The van der Waals surface area contributed by atoms with Gasteiger partial charge < -0.3 is 4.74 Å². The third-order valence-corrected chi connectivity index (χ3v) is 5.81. The first-order chi connectivity index (χ1) is 15.1. The summed E-state index contributed by atoms with van der Waals surface area (Å²) in [5, 5.41) is 14.0. The molecule has 2 heterocycles. The largest absolute Gasteiger partial charge is 0.421 e. The topological polar surface area (TPSA) is 82.3 Å². The number of benzene rings is 3. The van der Waals surface area contributed by atoms with Gasteiger partial charge in [0.25, 0.3) is 0 Å². The van der Waals surface area contributed by atoms with Gasteiger partial charge in [0.15, 0.2) is 0 Å². The molecule has 0 saturated heterocycles. The standard InChI is InChI=1S/C25H18N2O4/c28-25-24(27(29)30)22(19-12-6-7-13-20(19)31-25)21(17-9-2-1-3-10-17)23-18-11-5-4-8-16(18)14-15-26-23/h1-15,21-22,24H. The molecule has 0 N–H and O–H groups in total. The minimum absolute atomic E-state index is 0.358. The number of para-hydroxylation sites is 1. The zero-order valence-electron chi connectivity index (χ0n) is 16.4. The Morgan fingerprint density at radius 3 is 2.42 bits per heavy atom. The molecule has 6 heteroatoms. The Labute approximate surface area is 178 Å². The average Bonchev–Trinajstić information content (AvgIpc) is 2.80. The Kier molecular flexibility index (Phi) is 4.67. The lowest BCUT2D eigenvalue weighted by atomic mass is 9.73. The van der Waals surface area contributed by atoms with Crippen molar-refractivity contribution in [1.29, 1.82) is 0 Å². The second kappa shape index (κ2) is 7.65. The summed E-state index contributed by atoms with van der Waals surface area (Å²) in [6.45, 7) is 0. The van der Waals surface area contributed by atoms with Crippen molar-refractivity contribution in [2.45, 2.75) is 17.9 Å². The van der Waals surface area contributed by atoms with Gasteiger partial charge in [0.2, 0.25) is 0 Å². The van der Waals surface area contributed by atoms with Gasteiger partial charge in [-0.2, -0.15) is 0 Å². The fourth-order valence-electron chi connectivity index (χ4n) is 4.50. The summed E-state index contributed by atoms with van der Waals surface area (Å²) >= 11 is 0. The molecule has 3 unspecified atom stereocenters. The van der Waals surface area contributed by atoms with Crippen LogP contribution < -0.4 is 4.74 Å². The van der Waals surface area contributed by atoms with E-state index in [0.29, 0.717) is 17.0 Å². The number of carbonyl (C=O) groups excluding carboxylic acids is 1. The van der Waals surface area contributed by atoms with Crippen LogP contribution in [-0.2, 0) is 4.79 Å². The number of fused-ring (bicyclic) bond motifs is 2. The highest BCUT2D eigenvalue weighted by atomic mass is 16.6. The molecule has 1 aliphatic heterocycles. The van der Waals surface area contributed by atoms with Crippen LogP contribution in [0.2, 0.25) is 0 Å². The fraction of sp³-hybridized carbons (Fsp3) is 0.120. The van der Waals surface area contributed by atoms with E-state index in [4.69, 9.17) is 4.74 Å². The number of carbonyl (C=O) groups is 1. The van der Waals surface area contributed by atoms with Crippen LogP contribution in [0.4, 0.5) is 0 Å². The summed E-state index contributed by atoms with van der Waals surface area (Å²) in [5.74, 6) is -1.78. The van der Waals surface area contributed by atoms with E-state index in [1.807, 2.05) is 60.7 Å². The summed E-state index contributed by atoms with van der Waals surface area (Å²) in [5.41, 5.74) is 2.19. The normalized spacial score (nSPS) is 18.8. The quantitative estimate of drug-likeness (QED) is 0.211. The van der Waals surface area contributed by atoms with Crippen molar-refractivity contribution in [3.8, 4) is 5.75 Å². The molecule has 1 aromatic heterocycles. The first-order valence-corrected chi connectivity index (χ1v) is 9.98. The summed E-state index contributed by atoms with van der Waals surface area (Å²) in [4.78, 5) is 29.0. The van der Waals surface area contributed by atoms with Crippen LogP contribution in [0.5, 0.6) is 5.75 Å². The Hall–Kier alpha value is -4.06. The van der Waals surface area contributed by atoms with Crippen molar-refractivity contribution < 1.29 is 14.5 Å². The molecule has 6 nitrogen and oxygen atoms in total. The van der Waals surface area contributed by atoms with Gasteiger partial charge in [-0.25, -0.2) is 4.79 Å². The van der Waals surface area contributed by atoms with Crippen LogP contribution in [0, 0.1) is 10.1 Å². The van der Waals surface area contributed by atoms with Crippen molar-refractivity contribution in [2.75, 3.05) is 0 Å². The van der Waals surface area contributed by atoms with Crippen molar-refractivity contribution in [3.05, 3.63) is 118 Å².